The van der Waals surface area contributed by atoms with Crippen molar-refractivity contribution in [2.24, 2.45) is 0 Å². The highest BCUT2D eigenvalue weighted by Crippen LogP contribution is 2.26. The molecule has 3 aromatic carbocycles. The largest absolute Gasteiger partial charge is 0.452 e. The Kier molecular flexibility index (Phi) is 6.99. The van der Waals surface area contributed by atoms with Crippen LogP contribution in [0.3, 0.4) is 0 Å². The molecule has 0 saturated heterocycles. The molecule has 1 aliphatic heterocycles. The number of carbonyl (C=O) groups is 2. The molecule has 170 valence electrons. The molecule has 0 atom stereocenters. The van der Waals surface area contributed by atoms with Gasteiger partial charge in [-0.05, 0) is 89.5 Å². The van der Waals surface area contributed by atoms with Crippen LogP contribution in [0.4, 0.5) is 11.4 Å². The topological polar surface area (TPSA) is 92.8 Å². The zero-order chi connectivity index (χ0) is 23.4. The second-order valence-corrected chi connectivity index (χ2v) is 10.4. The third-order valence-electron chi connectivity index (χ3n) is 5.21. The molecule has 1 heterocycles. The van der Waals surface area contributed by atoms with Gasteiger partial charge in [-0.25, -0.2) is 13.2 Å². The Morgan fingerprint density at radius 2 is 1.76 bits per heavy atom. The molecule has 9 heteroatoms. The van der Waals surface area contributed by atoms with Crippen molar-refractivity contribution in [3.63, 3.8) is 0 Å². The van der Waals surface area contributed by atoms with E-state index in [1.807, 2.05) is 24.3 Å². The monoisotopic (exact) mass is 576 g/mol. The second kappa shape index (κ2) is 9.92. The van der Waals surface area contributed by atoms with Gasteiger partial charge in [-0.15, -0.1) is 0 Å². The summed E-state index contributed by atoms with van der Waals surface area (Å²) in [6, 6.07) is 20.1. The van der Waals surface area contributed by atoms with Gasteiger partial charge in [0.1, 0.15) is 0 Å². The Morgan fingerprint density at radius 1 is 1.00 bits per heavy atom. The molecule has 0 bridgehead atoms. The fraction of sp³-hybridized carbons (Fsp3) is 0.167. The molecule has 0 radical (unpaired) electrons. The van der Waals surface area contributed by atoms with Crippen LogP contribution >= 0.6 is 22.6 Å². The molecule has 1 N–H and O–H groups in total. The quantitative estimate of drug-likeness (QED) is 0.351. The molecule has 0 fully saturated rings. The number of halogens is 1. The Hall–Kier alpha value is -2.92. The summed E-state index contributed by atoms with van der Waals surface area (Å²) in [5.41, 5.74) is 2.38. The Morgan fingerprint density at radius 3 is 2.55 bits per heavy atom. The minimum atomic E-state index is -3.90. The summed E-state index contributed by atoms with van der Waals surface area (Å²) in [5.74, 6) is -1.08. The van der Waals surface area contributed by atoms with Crippen LogP contribution in [-0.2, 0) is 26.0 Å². The SMILES string of the molecule is O=C(OCC(=O)N1CCCc2ccccc21)c1cccc(S(=O)(=O)Nc2ccc(I)cc2)c1. The van der Waals surface area contributed by atoms with E-state index in [1.54, 1.807) is 29.2 Å². The van der Waals surface area contributed by atoms with E-state index in [0.717, 1.165) is 27.7 Å². The number of para-hydroxylation sites is 1. The van der Waals surface area contributed by atoms with Crippen LogP contribution in [0.25, 0.3) is 0 Å². The Balaban J connectivity index is 1.43. The third kappa shape index (κ3) is 5.53. The molecular formula is C24H21IN2O5S. The average molecular weight is 576 g/mol. The smallest absolute Gasteiger partial charge is 0.338 e. The molecule has 0 unspecified atom stereocenters. The first-order chi connectivity index (χ1) is 15.8. The lowest BCUT2D eigenvalue weighted by Crippen LogP contribution is -2.38. The van der Waals surface area contributed by atoms with Crippen molar-refractivity contribution < 1.29 is 22.7 Å². The number of benzene rings is 3. The van der Waals surface area contributed by atoms with Gasteiger partial charge in [0.05, 0.1) is 10.5 Å². The zero-order valence-corrected chi connectivity index (χ0v) is 20.5. The standard InChI is InChI=1S/C24H21IN2O5S/c25-19-10-12-20(13-11-19)26-33(30,31)21-8-3-6-18(15-21)24(29)32-16-23(28)27-14-4-7-17-5-1-2-9-22(17)27/h1-3,5-6,8-13,15,26H,4,7,14,16H2. The van der Waals surface area contributed by atoms with Crippen molar-refractivity contribution in [2.45, 2.75) is 17.7 Å². The van der Waals surface area contributed by atoms with E-state index < -0.39 is 22.6 Å². The molecule has 0 aromatic heterocycles. The summed E-state index contributed by atoms with van der Waals surface area (Å²) in [7, 11) is -3.90. The number of rotatable bonds is 6. The van der Waals surface area contributed by atoms with Gasteiger partial charge in [-0.1, -0.05) is 24.3 Å². The first-order valence-electron chi connectivity index (χ1n) is 10.3. The number of nitrogens with zero attached hydrogens (tertiary/aromatic N) is 1. The summed E-state index contributed by atoms with van der Waals surface area (Å²) in [4.78, 5) is 26.8. The number of hydrogen-bond acceptors (Lipinski definition) is 5. The first kappa shape index (κ1) is 23.2. The van der Waals surface area contributed by atoms with E-state index in [4.69, 9.17) is 4.74 Å². The predicted octanol–water partition coefficient (Wildman–Crippen LogP) is 4.23. The van der Waals surface area contributed by atoms with Gasteiger partial charge in [0.2, 0.25) is 0 Å². The van der Waals surface area contributed by atoms with E-state index in [-0.39, 0.29) is 16.4 Å². The van der Waals surface area contributed by atoms with Gasteiger partial charge < -0.3 is 9.64 Å². The number of esters is 1. The fourth-order valence-electron chi connectivity index (χ4n) is 3.60. The second-order valence-electron chi connectivity index (χ2n) is 7.49. The van der Waals surface area contributed by atoms with Crippen molar-refractivity contribution in [2.75, 3.05) is 22.8 Å². The number of fused-ring (bicyclic) bond motifs is 1. The van der Waals surface area contributed by atoms with Gasteiger partial charge in [0.15, 0.2) is 6.61 Å². The number of hydrogen-bond donors (Lipinski definition) is 1. The van der Waals surface area contributed by atoms with Crippen LogP contribution in [0.5, 0.6) is 0 Å². The van der Waals surface area contributed by atoms with Crippen LogP contribution in [0, 0.1) is 3.57 Å². The van der Waals surface area contributed by atoms with Crippen LogP contribution in [0.1, 0.15) is 22.3 Å². The molecule has 4 rings (SSSR count). The van der Waals surface area contributed by atoms with Gasteiger partial charge in [-0.2, -0.15) is 0 Å². The molecular weight excluding hydrogens is 555 g/mol. The summed E-state index contributed by atoms with van der Waals surface area (Å²) in [6.07, 6.45) is 1.74. The van der Waals surface area contributed by atoms with Crippen LogP contribution in [0.15, 0.2) is 77.7 Å². The van der Waals surface area contributed by atoms with E-state index in [1.165, 1.54) is 24.3 Å². The zero-order valence-electron chi connectivity index (χ0n) is 17.5. The van der Waals surface area contributed by atoms with Gasteiger partial charge >= 0.3 is 5.97 Å². The molecule has 0 saturated carbocycles. The number of nitrogens with one attached hydrogen (secondary N) is 1. The van der Waals surface area contributed by atoms with Gasteiger partial charge in [0.25, 0.3) is 15.9 Å². The lowest BCUT2D eigenvalue weighted by molar-refractivity contribution is -0.121. The maximum Gasteiger partial charge on any atom is 0.338 e. The average Bonchev–Trinajstić information content (AvgIpc) is 2.83. The number of aryl methyl sites for hydroxylation is 1. The Bertz CT molecular complexity index is 1290. The number of sulfonamides is 1. The summed E-state index contributed by atoms with van der Waals surface area (Å²) >= 11 is 2.13. The summed E-state index contributed by atoms with van der Waals surface area (Å²) < 4.78 is 34.1. The normalized spacial score (nSPS) is 13.2. The van der Waals surface area contributed by atoms with Gasteiger partial charge in [-0.3, -0.25) is 9.52 Å². The maximum absolute atomic E-state index is 12.7. The van der Waals surface area contributed by atoms with E-state index in [9.17, 15) is 18.0 Å². The molecule has 33 heavy (non-hydrogen) atoms. The molecule has 0 spiro atoms. The minimum absolute atomic E-state index is 0.0485. The highest BCUT2D eigenvalue weighted by atomic mass is 127. The Labute approximate surface area is 205 Å². The lowest BCUT2D eigenvalue weighted by Gasteiger charge is -2.29. The molecule has 0 aliphatic carbocycles. The third-order valence-corrected chi connectivity index (χ3v) is 7.31. The van der Waals surface area contributed by atoms with E-state index >= 15 is 0 Å². The number of amides is 1. The predicted molar refractivity (Wildman–Crippen MR) is 134 cm³/mol. The fourth-order valence-corrected chi connectivity index (χ4v) is 5.07. The van der Waals surface area contributed by atoms with Crippen LogP contribution < -0.4 is 9.62 Å². The van der Waals surface area contributed by atoms with Crippen molar-refractivity contribution in [1.29, 1.82) is 0 Å². The summed E-state index contributed by atoms with van der Waals surface area (Å²) in [5, 5.41) is 0. The lowest BCUT2D eigenvalue weighted by atomic mass is 10.0. The number of ether oxygens (including phenoxy) is 1. The van der Waals surface area contributed by atoms with Crippen molar-refractivity contribution >= 4 is 55.9 Å². The molecule has 7 nitrogen and oxygen atoms in total. The van der Waals surface area contributed by atoms with Gasteiger partial charge in [0, 0.05) is 21.5 Å². The van der Waals surface area contributed by atoms with E-state index in [0.29, 0.717) is 12.2 Å². The molecule has 1 amide bonds. The summed E-state index contributed by atoms with van der Waals surface area (Å²) in [6.45, 7) is 0.135. The first-order valence-corrected chi connectivity index (χ1v) is 12.8. The van der Waals surface area contributed by atoms with Crippen molar-refractivity contribution in [1.82, 2.24) is 0 Å². The maximum atomic E-state index is 12.7. The van der Waals surface area contributed by atoms with E-state index in [2.05, 4.69) is 27.3 Å². The van der Waals surface area contributed by atoms with Crippen molar-refractivity contribution in [3.8, 4) is 0 Å². The van der Waals surface area contributed by atoms with Crippen LogP contribution in [0.2, 0.25) is 0 Å². The number of carbonyl (C=O) groups excluding carboxylic acids is 2. The highest BCUT2D eigenvalue weighted by Gasteiger charge is 2.24. The highest BCUT2D eigenvalue weighted by molar-refractivity contribution is 14.1. The van der Waals surface area contributed by atoms with Crippen molar-refractivity contribution in [3.05, 3.63) is 87.5 Å². The molecule has 1 aliphatic rings. The number of anilines is 2. The molecule has 3 aromatic rings. The minimum Gasteiger partial charge on any atom is -0.452 e. The van der Waals surface area contributed by atoms with Crippen LogP contribution in [-0.4, -0.2) is 33.4 Å².